The maximum atomic E-state index is 5.96. The van der Waals surface area contributed by atoms with Crippen LogP contribution in [0.5, 0.6) is 0 Å². The Hall–Kier alpha value is -2.38. The van der Waals surface area contributed by atoms with Crippen LogP contribution in [0.4, 0.5) is 5.13 Å². The van der Waals surface area contributed by atoms with E-state index in [1.54, 1.807) is 11.3 Å². The number of hydrogen-bond donors (Lipinski definition) is 0. The molecule has 1 aliphatic heterocycles. The molecule has 3 aromatic heterocycles. The van der Waals surface area contributed by atoms with E-state index >= 15 is 0 Å². The van der Waals surface area contributed by atoms with E-state index in [4.69, 9.17) is 21.7 Å². The van der Waals surface area contributed by atoms with Gasteiger partial charge in [0.25, 0.3) is 0 Å². The van der Waals surface area contributed by atoms with Crippen LogP contribution < -0.4 is 4.90 Å². The largest absolute Gasteiger partial charge is 0.345 e. The first-order valence-electron chi connectivity index (χ1n) is 8.62. The summed E-state index contributed by atoms with van der Waals surface area (Å²) >= 11 is 7.60. The fourth-order valence-corrected chi connectivity index (χ4v) is 4.46. The molecule has 4 aromatic rings. The Morgan fingerprint density at radius 3 is 2.85 bits per heavy atom. The second kappa shape index (κ2) is 6.41. The number of rotatable bonds is 3. The Morgan fingerprint density at radius 2 is 2.08 bits per heavy atom. The molecular weight excluding hydrogens is 368 g/mol. The molecule has 1 aliphatic rings. The normalized spacial score (nSPS) is 17.9. The van der Waals surface area contributed by atoms with Crippen LogP contribution >= 0.6 is 22.9 Å². The Morgan fingerprint density at radius 1 is 1.19 bits per heavy atom. The van der Waals surface area contributed by atoms with Crippen LogP contribution in [0.25, 0.3) is 16.2 Å². The van der Waals surface area contributed by atoms with E-state index in [1.807, 2.05) is 53.4 Å². The van der Waals surface area contributed by atoms with Crippen LogP contribution in [-0.2, 0) is 0 Å². The molecule has 1 atom stereocenters. The fourth-order valence-electron chi connectivity index (χ4n) is 3.42. The highest BCUT2D eigenvalue weighted by atomic mass is 35.5. The molecule has 1 fully saturated rings. The Bertz CT molecular complexity index is 989. The molecule has 5 rings (SSSR count). The van der Waals surface area contributed by atoms with Crippen molar-refractivity contribution >= 4 is 33.0 Å². The third kappa shape index (κ3) is 2.87. The molecule has 0 amide bonds. The van der Waals surface area contributed by atoms with Gasteiger partial charge in [-0.3, -0.25) is 4.68 Å². The highest BCUT2D eigenvalue weighted by Gasteiger charge is 2.24. The van der Waals surface area contributed by atoms with Gasteiger partial charge in [-0.25, -0.2) is 9.50 Å². The van der Waals surface area contributed by atoms with Gasteiger partial charge in [0.15, 0.2) is 0 Å². The number of imidazole rings is 1. The van der Waals surface area contributed by atoms with Crippen LogP contribution in [-0.4, -0.2) is 37.5 Å². The van der Waals surface area contributed by atoms with Crippen molar-refractivity contribution in [1.82, 2.24) is 24.4 Å². The van der Waals surface area contributed by atoms with Crippen molar-refractivity contribution in [3.63, 3.8) is 0 Å². The standard InChI is InChI=1S/C18H17ClN6S/c19-14-6-4-13(5-7-14)16-12-25-17(21-16)26-18(22-25)23-9-1-3-15(11-23)24-10-2-8-20-24/h2,4-8,10,12,15H,1,3,9,11H2. The lowest BCUT2D eigenvalue weighted by Crippen LogP contribution is -2.36. The second-order valence-electron chi connectivity index (χ2n) is 6.47. The van der Waals surface area contributed by atoms with E-state index in [0.717, 1.165) is 52.3 Å². The number of anilines is 1. The smallest absolute Gasteiger partial charge is 0.214 e. The second-order valence-corrected chi connectivity index (χ2v) is 7.84. The molecule has 1 unspecified atom stereocenters. The SMILES string of the molecule is Clc1ccc(-c2cn3nc(N4CCCC(n5cccn5)C4)sc3n2)cc1. The fraction of sp³-hybridized carbons (Fsp3) is 0.278. The average Bonchev–Trinajstić information content (AvgIpc) is 3.39. The zero-order valence-electron chi connectivity index (χ0n) is 14.0. The van der Waals surface area contributed by atoms with Crippen molar-refractivity contribution in [2.45, 2.75) is 18.9 Å². The molecule has 0 N–H and O–H groups in total. The molecule has 8 heteroatoms. The Balaban J connectivity index is 1.40. The molecule has 132 valence electrons. The van der Waals surface area contributed by atoms with Gasteiger partial charge in [-0.05, 0) is 31.0 Å². The first-order chi connectivity index (χ1) is 12.8. The van der Waals surface area contributed by atoms with Crippen LogP contribution in [0, 0.1) is 0 Å². The molecule has 0 radical (unpaired) electrons. The number of fused-ring (bicyclic) bond motifs is 1. The number of nitrogens with zero attached hydrogens (tertiary/aromatic N) is 6. The van der Waals surface area contributed by atoms with E-state index in [-0.39, 0.29) is 0 Å². The number of halogens is 1. The molecular formula is C18H17ClN6S. The predicted molar refractivity (Wildman–Crippen MR) is 104 cm³/mol. The third-order valence-corrected chi connectivity index (χ3v) is 5.97. The molecule has 1 saturated heterocycles. The van der Waals surface area contributed by atoms with Crippen molar-refractivity contribution in [3.8, 4) is 11.3 Å². The first-order valence-corrected chi connectivity index (χ1v) is 9.82. The number of benzene rings is 1. The van der Waals surface area contributed by atoms with E-state index in [9.17, 15) is 0 Å². The number of piperidine rings is 1. The molecule has 0 aliphatic carbocycles. The van der Waals surface area contributed by atoms with Crippen LogP contribution in [0.1, 0.15) is 18.9 Å². The van der Waals surface area contributed by atoms with Crippen molar-refractivity contribution in [3.05, 3.63) is 53.9 Å². The quantitative estimate of drug-likeness (QED) is 0.532. The van der Waals surface area contributed by atoms with Crippen molar-refractivity contribution in [1.29, 1.82) is 0 Å². The highest BCUT2D eigenvalue weighted by Crippen LogP contribution is 2.31. The van der Waals surface area contributed by atoms with E-state index in [0.29, 0.717) is 6.04 Å². The summed E-state index contributed by atoms with van der Waals surface area (Å²) in [6, 6.07) is 10.1. The van der Waals surface area contributed by atoms with Crippen molar-refractivity contribution < 1.29 is 0 Å². The summed E-state index contributed by atoms with van der Waals surface area (Å²) in [5, 5.41) is 10.9. The van der Waals surface area contributed by atoms with Crippen molar-refractivity contribution in [2.75, 3.05) is 18.0 Å². The van der Waals surface area contributed by atoms with Crippen LogP contribution in [0.15, 0.2) is 48.9 Å². The molecule has 1 aromatic carbocycles. The molecule has 0 saturated carbocycles. The molecule has 0 bridgehead atoms. The maximum absolute atomic E-state index is 5.96. The van der Waals surface area contributed by atoms with Gasteiger partial charge < -0.3 is 4.90 Å². The summed E-state index contributed by atoms with van der Waals surface area (Å²) in [4.78, 5) is 7.98. The lowest BCUT2D eigenvalue weighted by Gasteiger charge is -2.32. The highest BCUT2D eigenvalue weighted by molar-refractivity contribution is 7.20. The van der Waals surface area contributed by atoms with Gasteiger partial charge in [0, 0.05) is 36.1 Å². The Kier molecular flexibility index (Phi) is 3.90. The minimum absolute atomic E-state index is 0.402. The summed E-state index contributed by atoms with van der Waals surface area (Å²) < 4.78 is 3.94. The average molecular weight is 385 g/mol. The summed E-state index contributed by atoms with van der Waals surface area (Å²) in [7, 11) is 0. The number of hydrogen-bond acceptors (Lipinski definition) is 5. The first kappa shape index (κ1) is 15.8. The minimum atomic E-state index is 0.402. The van der Waals surface area contributed by atoms with Gasteiger partial charge in [0.2, 0.25) is 10.1 Å². The van der Waals surface area contributed by atoms with Crippen molar-refractivity contribution in [2.24, 2.45) is 0 Å². The van der Waals surface area contributed by atoms with E-state index < -0.39 is 0 Å². The summed E-state index contributed by atoms with van der Waals surface area (Å²) in [5.41, 5.74) is 1.96. The van der Waals surface area contributed by atoms with Gasteiger partial charge in [0.1, 0.15) is 0 Å². The molecule has 6 nitrogen and oxygen atoms in total. The van der Waals surface area contributed by atoms with E-state index in [2.05, 4.69) is 14.7 Å². The number of aromatic nitrogens is 5. The van der Waals surface area contributed by atoms with Crippen LogP contribution in [0.3, 0.4) is 0 Å². The topological polar surface area (TPSA) is 51.2 Å². The molecule has 4 heterocycles. The van der Waals surface area contributed by atoms with Gasteiger partial charge in [-0.15, -0.1) is 5.10 Å². The molecule has 0 spiro atoms. The Labute approximate surface area is 159 Å². The zero-order valence-corrected chi connectivity index (χ0v) is 15.6. The minimum Gasteiger partial charge on any atom is -0.345 e. The lowest BCUT2D eigenvalue weighted by atomic mass is 10.1. The van der Waals surface area contributed by atoms with Gasteiger partial charge in [-0.2, -0.15) is 5.10 Å². The van der Waals surface area contributed by atoms with Gasteiger partial charge in [0.05, 0.1) is 17.9 Å². The zero-order chi connectivity index (χ0) is 17.5. The third-order valence-electron chi connectivity index (χ3n) is 4.74. The summed E-state index contributed by atoms with van der Waals surface area (Å²) in [6.45, 7) is 1.96. The van der Waals surface area contributed by atoms with Gasteiger partial charge in [-0.1, -0.05) is 35.1 Å². The van der Waals surface area contributed by atoms with Gasteiger partial charge >= 0.3 is 0 Å². The molecule has 26 heavy (non-hydrogen) atoms. The summed E-state index contributed by atoms with van der Waals surface area (Å²) in [6.07, 6.45) is 8.16. The summed E-state index contributed by atoms with van der Waals surface area (Å²) in [5.74, 6) is 0. The predicted octanol–water partition coefficient (Wildman–Crippen LogP) is 4.15. The van der Waals surface area contributed by atoms with E-state index in [1.165, 1.54) is 0 Å². The maximum Gasteiger partial charge on any atom is 0.214 e. The lowest BCUT2D eigenvalue weighted by molar-refractivity contribution is 0.375. The monoisotopic (exact) mass is 384 g/mol. The van der Waals surface area contributed by atoms with Crippen LogP contribution in [0.2, 0.25) is 5.02 Å².